The first-order chi connectivity index (χ1) is 8.63. The van der Waals surface area contributed by atoms with Gasteiger partial charge in [0.25, 0.3) is 0 Å². The van der Waals surface area contributed by atoms with Crippen LogP contribution in [0.4, 0.5) is 0 Å². The molecule has 18 heavy (non-hydrogen) atoms. The van der Waals surface area contributed by atoms with Crippen molar-refractivity contribution in [1.82, 2.24) is 9.80 Å². The number of para-hydroxylation sites is 1. The fourth-order valence-electron chi connectivity index (χ4n) is 2.32. The van der Waals surface area contributed by atoms with E-state index in [9.17, 15) is 4.79 Å². The average Bonchev–Trinajstić information content (AvgIpc) is 2.40. The molecule has 0 amide bonds. The lowest BCUT2D eigenvalue weighted by atomic mass is 10.0. The zero-order chi connectivity index (χ0) is 13.1. The Bertz CT molecular complexity index is 434. The minimum absolute atomic E-state index is 0.0833. The monoisotopic (exact) mass is 248 g/mol. The Kier molecular flexibility index (Phi) is 3.99. The van der Waals surface area contributed by atoms with Crippen LogP contribution in [0.5, 0.6) is 5.75 Å². The fraction of sp³-hybridized carbons (Fsp3) is 0.500. The summed E-state index contributed by atoms with van der Waals surface area (Å²) in [4.78, 5) is 16.9. The van der Waals surface area contributed by atoms with Crippen LogP contribution in [0.15, 0.2) is 24.3 Å². The molecule has 1 fully saturated rings. The van der Waals surface area contributed by atoms with Crippen LogP contribution in [0.3, 0.4) is 0 Å². The second kappa shape index (κ2) is 5.50. The number of carbonyl (C=O) groups excluding carboxylic acids is 1. The van der Waals surface area contributed by atoms with Crippen LogP contribution in [0.1, 0.15) is 10.4 Å². The summed E-state index contributed by atoms with van der Waals surface area (Å²) in [6, 6.07) is 7.35. The maximum absolute atomic E-state index is 12.6. The number of carbonyl (C=O) groups is 1. The second-order valence-electron chi connectivity index (χ2n) is 4.82. The van der Waals surface area contributed by atoms with E-state index in [-0.39, 0.29) is 11.8 Å². The van der Waals surface area contributed by atoms with Crippen molar-refractivity contribution in [2.24, 2.45) is 0 Å². The lowest BCUT2D eigenvalue weighted by Crippen LogP contribution is -2.53. The summed E-state index contributed by atoms with van der Waals surface area (Å²) in [7, 11) is 5.66. The molecule has 1 aromatic carbocycles. The van der Waals surface area contributed by atoms with E-state index in [1.807, 2.05) is 31.3 Å². The lowest BCUT2D eigenvalue weighted by Gasteiger charge is -2.36. The molecule has 1 aromatic rings. The first-order valence-electron chi connectivity index (χ1n) is 6.19. The molecule has 1 saturated heterocycles. The van der Waals surface area contributed by atoms with Crippen molar-refractivity contribution in [2.75, 3.05) is 40.8 Å². The molecular weight excluding hydrogens is 228 g/mol. The average molecular weight is 248 g/mol. The molecule has 1 aliphatic heterocycles. The summed E-state index contributed by atoms with van der Waals surface area (Å²) in [6.07, 6.45) is 0. The third kappa shape index (κ3) is 2.54. The number of hydrogen-bond acceptors (Lipinski definition) is 4. The third-order valence-corrected chi connectivity index (χ3v) is 3.53. The molecule has 0 bridgehead atoms. The summed E-state index contributed by atoms with van der Waals surface area (Å²) in [6.45, 7) is 2.70. The van der Waals surface area contributed by atoms with Crippen LogP contribution in [0, 0.1) is 0 Å². The Labute approximate surface area is 108 Å². The highest BCUT2D eigenvalue weighted by Crippen LogP contribution is 2.21. The Morgan fingerprint density at radius 1 is 1.28 bits per heavy atom. The van der Waals surface area contributed by atoms with Gasteiger partial charge in [0.2, 0.25) is 0 Å². The Morgan fingerprint density at radius 3 is 2.72 bits per heavy atom. The van der Waals surface area contributed by atoms with Crippen LogP contribution in [-0.4, -0.2) is 62.5 Å². The number of likely N-dealkylation sites (N-methyl/N-ethyl adjacent to an activating group) is 2. The standard InChI is InChI=1S/C14H20N2O2/c1-15-8-9-16(2)12(10-15)14(17)11-6-4-5-7-13(11)18-3/h4-7,12H,8-10H2,1-3H3. The number of benzene rings is 1. The molecule has 4 heteroatoms. The van der Waals surface area contributed by atoms with Gasteiger partial charge >= 0.3 is 0 Å². The van der Waals surface area contributed by atoms with E-state index in [1.165, 1.54) is 0 Å². The number of rotatable bonds is 3. The van der Waals surface area contributed by atoms with Crippen molar-refractivity contribution in [3.63, 3.8) is 0 Å². The van der Waals surface area contributed by atoms with Gasteiger partial charge in [0.15, 0.2) is 5.78 Å². The Balaban J connectivity index is 2.24. The minimum Gasteiger partial charge on any atom is -0.496 e. The molecule has 0 N–H and O–H groups in total. The number of piperazine rings is 1. The molecule has 0 radical (unpaired) electrons. The number of ketones is 1. The van der Waals surface area contributed by atoms with Gasteiger partial charge in [-0.1, -0.05) is 12.1 Å². The first-order valence-corrected chi connectivity index (χ1v) is 6.19. The molecular formula is C14H20N2O2. The molecule has 1 aliphatic rings. The van der Waals surface area contributed by atoms with E-state index in [1.54, 1.807) is 7.11 Å². The van der Waals surface area contributed by atoms with Gasteiger partial charge in [-0.3, -0.25) is 9.69 Å². The molecule has 1 heterocycles. The van der Waals surface area contributed by atoms with Crippen molar-refractivity contribution in [2.45, 2.75) is 6.04 Å². The quantitative estimate of drug-likeness (QED) is 0.751. The molecule has 2 rings (SSSR count). The normalized spacial score (nSPS) is 21.8. The zero-order valence-corrected chi connectivity index (χ0v) is 11.2. The summed E-state index contributed by atoms with van der Waals surface area (Å²) >= 11 is 0. The van der Waals surface area contributed by atoms with Crippen molar-refractivity contribution in [3.8, 4) is 5.75 Å². The molecule has 1 atom stereocenters. The number of methoxy groups -OCH3 is 1. The summed E-state index contributed by atoms with van der Waals surface area (Å²) in [5.41, 5.74) is 0.673. The van der Waals surface area contributed by atoms with Crippen molar-refractivity contribution >= 4 is 5.78 Å². The highest BCUT2D eigenvalue weighted by Gasteiger charge is 2.30. The van der Waals surface area contributed by atoms with Crippen LogP contribution in [0.25, 0.3) is 0 Å². The van der Waals surface area contributed by atoms with E-state index >= 15 is 0 Å². The summed E-state index contributed by atoms with van der Waals surface area (Å²) in [5.74, 6) is 0.797. The maximum atomic E-state index is 12.6. The van der Waals surface area contributed by atoms with Gasteiger partial charge in [0, 0.05) is 19.6 Å². The fourth-order valence-corrected chi connectivity index (χ4v) is 2.32. The molecule has 4 nitrogen and oxygen atoms in total. The van der Waals surface area contributed by atoms with Gasteiger partial charge in [-0.15, -0.1) is 0 Å². The predicted octanol–water partition coefficient (Wildman–Crippen LogP) is 1.12. The van der Waals surface area contributed by atoms with E-state index in [4.69, 9.17) is 4.74 Å². The number of ether oxygens (including phenoxy) is 1. The van der Waals surface area contributed by atoms with Crippen molar-refractivity contribution in [3.05, 3.63) is 29.8 Å². The smallest absolute Gasteiger partial charge is 0.184 e. The van der Waals surface area contributed by atoms with Crippen molar-refractivity contribution < 1.29 is 9.53 Å². The molecule has 0 aromatic heterocycles. The van der Waals surface area contributed by atoms with Gasteiger partial charge < -0.3 is 9.64 Å². The Morgan fingerprint density at radius 2 is 2.00 bits per heavy atom. The van der Waals surface area contributed by atoms with Gasteiger partial charge in [0.1, 0.15) is 5.75 Å². The number of Topliss-reactive ketones (excluding diaryl/α,β-unsaturated/α-hetero) is 1. The topological polar surface area (TPSA) is 32.8 Å². The molecule has 0 spiro atoms. The SMILES string of the molecule is COc1ccccc1C(=O)C1CN(C)CCN1C. The number of nitrogens with zero attached hydrogens (tertiary/aromatic N) is 2. The largest absolute Gasteiger partial charge is 0.496 e. The van der Waals surface area contributed by atoms with Gasteiger partial charge in [-0.05, 0) is 26.2 Å². The predicted molar refractivity (Wildman–Crippen MR) is 71.2 cm³/mol. The maximum Gasteiger partial charge on any atom is 0.184 e. The van der Waals surface area contributed by atoms with Gasteiger partial charge in [0.05, 0.1) is 18.7 Å². The van der Waals surface area contributed by atoms with Crippen LogP contribution in [-0.2, 0) is 0 Å². The second-order valence-corrected chi connectivity index (χ2v) is 4.82. The highest BCUT2D eigenvalue weighted by molar-refractivity contribution is 6.02. The van der Waals surface area contributed by atoms with Crippen LogP contribution in [0.2, 0.25) is 0 Å². The highest BCUT2D eigenvalue weighted by atomic mass is 16.5. The lowest BCUT2D eigenvalue weighted by molar-refractivity contribution is 0.0683. The van der Waals surface area contributed by atoms with E-state index in [0.29, 0.717) is 11.3 Å². The van der Waals surface area contributed by atoms with Crippen molar-refractivity contribution in [1.29, 1.82) is 0 Å². The van der Waals surface area contributed by atoms with Crippen LogP contribution < -0.4 is 4.74 Å². The number of hydrogen-bond donors (Lipinski definition) is 0. The molecule has 1 unspecified atom stereocenters. The molecule has 98 valence electrons. The van der Waals surface area contributed by atoms with Gasteiger partial charge in [-0.2, -0.15) is 0 Å². The van der Waals surface area contributed by atoms with Crippen LogP contribution >= 0.6 is 0 Å². The van der Waals surface area contributed by atoms with Gasteiger partial charge in [-0.25, -0.2) is 0 Å². The summed E-state index contributed by atoms with van der Waals surface area (Å²) < 4.78 is 5.27. The van der Waals surface area contributed by atoms with E-state index in [2.05, 4.69) is 16.8 Å². The van der Waals surface area contributed by atoms with E-state index in [0.717, 1.165) is 19.6 Å². The third-order valence-electron chi connectivity index (χ3n) is 3.53. The molecule has 0 saturated carbocycles. The minimum atomic E-state index is -0.0833. The zero-order valence-electron chi connectivity index (χ0n) is 11.2. The van der Waals surface area contributed by atoms with E-state index < -0.39 is 0 Å². The first kappa shape index (κ1) is 13.1. The Hall–Kier alpha value is -1.39. The summed E-state index contributed by atoms with van der Waals surface area (Å²) in [5, 5.41) is 0. The molecule has 0 aliphatic carbocycles.